The Morgan fingerprint density at radius 1 is 1.31 bits per heavy atom. The molecule has 0 radical (unpaired) electrons. The average molecular weight is 183 g/mol. The summed E-state index contributed by atoms with van der Waals surface area (Å²) in [4.78, 5) is 21.7. The molecule has 0 aromatic rings. The van der Waals surface area contributed by atoms with Crippen molar-refractivity contribution in [3.8, 4) is 0 Å². The van der Waals surface area contributed by atoms with Crippen LogP contribution in [0.2, 0.25) is 0 Å². The highest BCUT2D eigenvalue weighted by Gasteiger charge is 2.42. The highest BCUT2D eigenvalue weighted by molar-refractivity contribution is 5.80. The lowest BCUT2D eigenvalue weighted by molar-refractivity contribution is -0.122. The number of amides is 1. The van der Waals surface area contributed by atoms with E-state index in [-0.39, 0.29) is 17.9 Å². The molecule has 2 atom stereocenters. The summed E-state index contributed by atoms with van der Waals surface area (Å²) in [5.41, 5.74) is 0. The van der Waals surface area contributed by atoms with Crippen LogP contribution < -0.4 is 5.32 Å². The summed E-state index contributed by atoms with van der Waals surface area (Å²) in [6, 6.07) is 0.0372. The highest BCUT2D eigenvalue weighted by atomic mass is 16.4. The summed E-state index contributed by atoms with van der Waals surface area (Å²) in [7, 11) is 0. The second-order valence-electron chi connectivity index (χ2n) is 4.02. The van der Waals surface area contributed by atoms with E-state index in [1.807, 2.05) is 0 Å². The van der Waals surface area contributed by atoms with Crippen LogP contribution in [0.15, 0.2) is 0 Å². The number of carboxylic acid groups (broad SMARTS) is 1. The zero-order valence-electron chi connectivity index (χ0n) is 7.32. The molecule has 2 unspecified atom stereocenters. The Kier molecular flexibility index (Phi) is 1.98. The van der Waals surface area contributed by atoms with Gasteiger partial charge in [0.05, 0.1) is 0 Å². The molecular weight excluding hydrogens is 170 g/mol. The SMILES string of the molecule is O=C1CC2CCC(C1)C2NC(=O)O. The van der Waals surface area contributed by atoms with E-state index < -0.39 is 6.09 Å². The van der Waals surface area contributed by atoms with Gasteiger partial charge in [0.2, 0.25) is 0 Å². The minimum absolute atomic E-state index is 0.0372. The summed E-state index contributed by atoms with van der Waals surface area (Å²) < 4.78 is 0. The molecule has 2 fully saturated rings. The van der Waals surface area contributed by atoms with Crippen LogP contribution in [0.3, 0.4) is 0 Å². The summed E-state index contributed by atoms with van der Waals surface area (Å²) in [6.07, 6.45) is 2.18. The number of hydrogen-bond donors (Lipinski definition) is 2. The number of carbonyl (C=O) groups excluding carboxylic acids is 1. The third-order valence-electron chi connectivity index (χ3n) is 3.19. The van der Waals surface area contributed by atoms with Gasteiger partial charge >= 0.3 is 6.09 Å². The standard InChI is InChI=1S/C9H13NO3/c11-7-3-5-1-2-6(4-7)8(5)10-9(12)13/h5-6,8,10H,1-4H2,(H,12,13). The van der Waals surface area contributed by atoms with Crippen LogP contribution in [0, 0.1) is 11.8 Å². The summed E-state index contributed by atoms with van der Waals surface area (Å²) in [5, 5.41) is 11.1. The van der Waals surface area contributed by atoms with Crippen molar-refractivity contribution < 1.29 is 14.7 Å². The van der Waals surface area contributed by atoms with Crippen molar-refractivity contribution in [1.29, 1.82) is 0 Å². The van der Waals surface area contributed by atoms with Gasteiger partial charge in [-0.2, -0.15) is 0 Å². The van der Waals surface area contributed by atoms with Gasteiger partial charge in [-0.1, -0.05) is 0 Å². The van der Waals surface area contributed by atoms with Gasteiger partial charge in [-0.3, -0.25) is 4.79 Å². The van der Waals surface area contributed by atoms with Crippen molar-refractivity contribution in [2.45, 2.75) is 31.7 Å². The summed E-state index contributed by atoms with van der Waals surface area (Å²) in [5.74, 6) is 0.834. The normalized spacial score (nSPS) is 37.5. The Hall–Kier alpha value is -1.06. The Bertz CT molecular complexity index is 235. The lowest BCUT2D eigenvalue weighted by Gasteiger charge is -2.28. The number of nitrogens with one attached hydrogen (secondary N) is 1. The molecule has 0 saturated heterocycles. The first-order valence-corrected chi connectivity index (χ1v) is 4.68. The molecule has 1 amide bonds. The predicted molar refractivity (Wildman–Crippen MR) is 45.4 cm³/mol. The highest BCUT2D eigenvalue weighted by Crippen LogP contribution is 2.40. The van der Waals surface area contributed by atoms with E-state index in [1.54, 1.807) is 0 Å². The Balaban J connectivity index is 2.06. The van der Waals surface area contributed by atoms with Gasteiger partial charge in [-0.25, -0.2) is 4.79 Å². The second-order valence-corrected chi connectivity index (χ2v) is 4.02. The van der Waals surface area contributed by atoms with Crippen LogP contribution in [-0.2, 0) is 4.79 Å². The Labute approximate surface area is 76.3 Å². The maximum atomic E-state index is 11.2. The Morgan fingerprint density at radius 3 is 2.31 bits per heavy atom. The van der Waals surface area contributed by atoms with Gasteiger partial charge in [-0.15, -0.1) is 0 Å². The van der Waals surface area contributed by atoms with Crippen molar-refractivity contribution in [3.05, 3.63) is 0 Å². The molecule has 4 heteroatoms. The number of rotatable bonds is 1. The molecule has 2 aliphatic carbocycles. The van der Waals surface area contributed by atoms with Gasteiger partial charge in [0.1, 0.15) is 5.78 Å². The molecule has 0 heterocycles. The van der Waals surface area contributed by atoms with Crippen molar-refractivity contribution in [2.75, 3.05) is 0 Å². The number of carbonyl (C=O) groups is 2. The van der Waals surface area contributed by atoms with Crippen LogP contribution in [0.25, 0.3) is 0 Å². The first-order chi connectivity index (χ1) is 6.16. The van der Waals surface area contributed by atoms with Gasteiger partial charge in [-0.05, 0) is 24.7 Å². The molecule has 0 spiro atoms. The molecule has 2 aliphatic rings. The molecular formula is C9H13NO3. The zero-order chi connectivity index (χ0) is 9.42. The van der Waals surface area contributed by atoms with E-state index in [1.165, 1.54) is 0 Å². The van der Waals surface area contributed by atoms with E-state index >= 15 is 0 Å². The topological polar surface area (TPSA) is 66.4 Å². The number of fused-ring (bicyclic) bond motifs is 2. The van der Waals surface area contributed by atoms with E-state index in [0.717, 1.165) is 12.8 Å². The van der Waals surface area contributed by atoms with Gasteiger partial charge in [0.25, 0.3) is 0 Å². The number of Topliss-reactive ketones (excluding diaryl/α,β-unsaturated/α-hetero) is 1. The number of hydrogen-bond acceptors (Lipinski definition) is 2. The minimum Gasteiger partial charge on any atom is -0.465 e. The average Bonchev–Trinajstić information content (AvgIpc) is 2.32. The fourth-order valence-electron chi connectivity index (χ4n) is 2.68. The summed E-state index contributed by atoms with van der Waals surface area (Å²) in [6.45, 7) is 0. The molecule has 0 aromatic carbocycles. The van der Waals surface area contributed by atoms with Crippen LogP contribution in [0.1, 0.15) is 25.7 Å². The smallest absolute Gasteiger partial charge is 0.404 e. The van der Waals surface area contributed by atoms with E-state index in [4.69, 9.17) is 5.11 Å². The second kappa shape index (κ2) is 3.01. The molecule has 13 heavy (non-hydrogen) atoms. The zero-order valence-corrected chi connectivity index (χ0v) is 7.32. The molecule has 0 aromatic heterocycles. The van der Waals surface area contributed by atoms with Crippen LogP contribution in [0.5, 0.6) is 0 Å². The Morgan fingerprint density at radius 2 is 1.85 bits per heavy atom. The van der Waals surface area contributed by atoms with Crippen molar-refractivity contribution in [3.63, 3.8) is 0 Å². The maximum Gasteiger partial charge on any atom is 0.404 e. The van der Waals surface area contributed by atoms with Crippen LogP contribution in [0.4, 0.5) is 4.79 Å². The lowest BCUT2D eigenvalue weighted by atomic mass is 9.83. The molecule has 4 nitrogen and oxygen atoms in total. The molecule has 2 bridgehead atoms. The van der Waals surface area contributed by atoms with E-state index in [0.29, 0.717) is 18.6 Å². The van der Waals surface area contributed by atoms with Crippen molar-refractivity contribution in [1.82, 2.24) is 5.32 Å². The van der Waals surface area contributed by atoms with Gasteiger partial charge in [0.15, 0.2) is 0 Å². The van der Waals surface area contributed by atoms with Crippen LogP contribution >= 0.6 is 0 Å². The lowest BCUT2D eigenvalue weighted by Crippen LogP contribution is -2.44. The number of ketones is 1. The minimum atomic E-state index is -0.962. The molecule has 2 rings (SSSR count). The first-order valence-electron chi connectivity index (χ1n) is 4.68. The predicted octanol–water partition coefficient (Wildman–Crippen LogP) is 1.01. The van der Waals surface area contributed by atoms with E-state index in [9.17, 15) is 9.59 Å². The molecule has 2 saturated carbocycles. The third-order valence-corrected chi connectivity index (χ3v) is 3.19. The van der Waals surface area contributed by atoms with Gasteiger partial charge < -0.3 is 10.4 Å². The molecule has 72 valence electrons. The fourth-order valence-corrected chi connectivity index (χ4v) is 2.68. The third kappa shape index (κ3) is 1.53. The molecule has 2 N–H and O–H groups in total. The maximum absolute atomic E-state index is 11.2. The van der Waals surface area contributed by atoms with E-state index in [2.05, 4.69) is 5.32 Å². The largest absolute Gasteiger partial charge is 0.465 e. The van der Waals surface area contributed by atoms with Crippen molar-refractivity contribution >= 4 is 11.9 Å². The van der Waals surface area contributed by atoms with Gasteiger partial charge in [0, 0.05) is 18.9 Å². The quantitative estimate of drug-likeness (QED) is 0.637. The fraction of sp³-hybridized carbons (Fsp3) is 0.778. The van der Waals surface area contributed by atoms with Crippen molar-refractivity contribution in [2.24, 2.45) is 11.8 Å². The van der Waals surface area contributed by atoms with Crippen LogP contribution in [-0.4, -0.2) is 23.0 Å². The molecule has 0 aliphatic heterocycles. The first kappa shape index (κ1) is 8.53. The summed E-state index contributed by atoms with van der Waals surface area (Å²) >= 11 is 0. The monoisotopic (exact) mass is 183 g/mol.